The van der Waals surface area contributed by atoms with Gasteiger partial charge in [-0.25, -0.2) is 4.79 Å². The summed E-state index contributed by atoms with van der Waals surface area (Å²) >= 11 is 5.35. The summed E-state index contributed by atoms with van der Waals surface area (Å²) in [6.07, 6.45) is 0.711. The topological polar surface area (TPSA) is 32.8 Å². The molecule has 1 fully saturated rings. The molecule has 4 nitrogen and oxygen atoms in total. The molecule has 0 bridgehead atoms. The molecule has 1 amide bonds. The van der Waals surface area contributed by atoms with Crippen LogP contribution in [0, 0.1) is 0 Å². The van der Waals surface area contributed by atoms with E-state index in [1.807, 2.05) is 18.2 Å². The molecular formula is C17H19BrN2O2S. The van der Waals surface area contributed by atoms with Crippen LogP contribution in [-0.2, 0) is 6.54 Å². The molecule has 0 aliphatic carbocycles. The third-order valence-electron chi connectivity index (χ3n) is 3.85. The normalized spacial score (nSPS) is 16.1. The highest BCUT2D eigenvalue weighted by atomic mass is 79.9. The van der Waals surface area contributed by atoms with Gasteiger partial charge in [-0.2, -0.15) is 0 Å². The molecule has 0 unspecified atom stereocenters. The molecule has 1 aromatic carbocycles. The number of thiophene rings is 1. The van der Waals surface area contributed by atoms with Gasteiger partial charge in [-0.3, -0.25) is 4.90 Å². The Morgan fingerprint density at radius 2 is 1.96 bits per heavy atom. The van der Waals surface area contributed by atoms with Gasteiger partial charge in [-0.1, -0.05) is 18.2 Å². The molecule has 0 radical (unpaired) electrons. The smallest absolute Gasteiger partial charge is 0.410 e. The van der Waals surface area contributed by atoms with Gasteiger partial charge in [0.15, 0.2) is 0 Å². The van der Waals surface area contributed by atoms with Crippen molar-refractivity contribution in [3.63, 3.8) is 0 Å². The summed E-state index contributed by atoms with van der Waals surface area (Å²) in [7, 11) is 0. The molecule has 122 valence electrons. The Morgan fingerprint density at radius 1 is 1.13 bits per heavy atom. The molecule has 0 N–H and O–H groups in total. The predicted molar refractivity (Wildman–Crippen MR) is 96.0 cm³/mol. The van der Waals surface area contributed by atoms with Crippen molar-refractivity contribution in [3.05, 3.63) is 51.1 Å². The highest BCUT2D eigenvalue weighted by molar-refractivity contribution is 9.10. The maximum Gasteiger partial charge on any atom is 0.415 e. The Kier molecular flexibility index (Phi) is 5.70. The van der Waals surface area contributed by atoms with Gasteiger partial charge in [0.2, 0.25) is 0 Å². The molecule has 0 spiro atoms. The van der Waals surface area contributed by atoms with Crippen molar-refractivity contribution in [1.29, 1.82) is 0 Å². The van der Waals surface area contributed by atoms with E-state index in [-0.39, 0.29) is 6.09 Å². The van der Waals surface area contributed by atoms with Crippen molar-refractivity contribution in [2.24, 2.45) is 0 Å². The van der Waals surface area contributed by atoms with Gasteiger partial charge in [0.25, 0.3) is 0 Å². The molecule has 2 aromatic rings. The zero-order chi connectivity index (χ0) is 16.1. The largest absolute Gasteiger partial charge is 0.415 e. The third kappa shape index (κ3) is 4.56. The molecule has 23 heavy (non-hydrogen) atoms. The van der Waals surface area contributed by atoms with Gasteiger partial charge >= 0.3 is 6.09 Å². The first-order valence-electron chi connectivity index (χ1n) is 7.68. The first-order valence-corrected chi connectivity index (χ1v) is 9.35. The average Bonchev–Trinajstić information content (AvgIpc) is 2.82. The van der Waals surface area contributed by atoms with Crippen LogP contribution in [0.5, 0.6) is 5.75 Å². The number of para-hydroxylation sites is 1. The SMILES string of the molecule is O=C(Oc1ccccc1)N1CCCN(Cc2sccc2Br)CC1. The standard InChI is InChI=1S/C17H19BrN2O2S/c18-15-7-12-23-16(15)13-19-8-4-9-20(11-10-19)17(21)22-14-5-2-1-3-6-14/h1-3,5-7,12H,4,8-11,13H2. The monoisotopic (exact) mass is 394 g/mol. The lowest BCUT2D eigenvalue weighted by atomic mass is 10.3. The summed E-state index contributed by atoms with van der Waals surface area (Å²) in [5, 5.41) is 2.10. The number of carbonyl (C=O) groups excluding carboxylic acids is 1. The zero-order valence-corrected chi connectivity index (χ0v) is 15.2. The van der Waals surface area contributed by atoms with Crippen molar-refractivity contribution in [3.8, 4) is 5.75 Å². The number of hydrogen-bond donors (Lipinski definition) is 0. The third-order valence-corrected chi connectivity index (χ3v) is 5.76. The van der Waals surface area contributed by atoms with Crippen LogP contribution in [-0.4, -0.2) is 42.1 Å². The van der Waals surface area contributed by atoms with Crippen LogP contribution in [0.3, 0.4) is 0 Å². The molecule has 1 aliphatic rings. The van der Waals surface area contributed by atoms with Gasteiger partial charge in [0, 0.05) is 42.1 Å². The van der Waals surface area contributed by atoms with E-state index in [9.17, 15) is 4.79 Å². The summed E-state index contributed by atoms with van der Waals surface area (Å²) in [6.45, 7) is 4.25. The molecule has 1 aliphatic heterocycles. The number of rotatable bonds is 3. The number of amides is 1. The minimum absolute atomic E-state index is 0.254. The van der Waals surface area contributed by atoms with Crippen molar-refractivity contribution in [2.75, 3.05) is 26.2 Å². The zero-order valence-electron chi connectivity index (χ0n) is 12.8. The second-order valence-corrected chi connectivity index (χ2v) is 7.34. The van der Waals surface area contributed by atoms with Crippen LogP contribution >= 0.6 is 27.3 Å². The number of benzene rings is 1. The van der Waals surface area contributed by atoms with Crippen molar-refractivity contribution in [1.82, 2.24) is 9.80 Å². The number of hydrogen-bond acceptors (Lipinski definition) is 4. The van der Waals surface area contributed by atoms with E-state index in [1.54, 1.807) is 28.4 Å². The summed E-state index contributed by atoms with van der Waals surface area (Å²) in [5.74, 6) is 0.598. The molecular weight excluding hydrogens is 376 g/mol. The van der Waals surface area contributed by atoms with Crippen LogP contribution in [0.25, 0.3) is 0 Å². The summed E-state index contributed by atoms with van der Waals surface area (Å²) in [4.78, 5) is 17.8. The second kappa shape index (κ2) is 7.95. The highest BCUT2D eigenvalue weighted by Crippen LogP contribution is 2.24. The first-order chi connectivity index (χ1) is 11.2. The Labute approximate surface area is 148 Å². The Hall–Kier alpha value is -1.37. The van der Waals surface area contributed by atoms with Crippen molar-refractivity contribution >= 4 is 33.4 Å². The van der Waals surface area contributed by atoms with Crippen molar-refractivity contribution < 1.29 is 9.53 Å². The van der Waals surface area contributed by atoms with Gasteiger partial charge < -0.3 is 9.64 Å². The fourth-order valence-electron chi connectivity index (χ4n) is 2.61. The maximum absolute atomic E-state index is 12.3. The molecule has 1 aromatic heterocycles. The lowest BCUT2D eigenvalue weighted by molar-refractivity contribution is 0.153. The minimum Gasteiger partial charge on any atom is -0.410 e. The van der Waals surface area contributed by atoms with Crippen LogP contribution in [0.2, 0.25) is 0 Å². The Bertz CT molecular complexity index is 647. The molecule has 1 saturated heterocycles. The summed E-state index contributed by atoms with van der Waals surface area (Å²) in [6, 6.07) is 11.3. The van der Waals surface area contributed by atoms with E-state index >= 15 is 0 Å². The first kappa shape index (κ1) is 16.5. The Morgan fingerprint density at radius 3 is 2.70 bits per heavy atom. The maximum atomic E-state index is 12.3. The quantitative estimate of drug-likeness (QED) is 0.780. The van der Waals surface area contributed by atoms with Gasteiger partial charge in [0.1, 0.15) is 5.75 Å². The van der Waals surface area contributed by atoms with E-state index in [2.05, 4.69) is 32.3 Å². The van der Waals surface area contributed by atoms with Crippen molar-refractivity contribution in [2.45, 2.75) is 13.0 Å². The van der Waals surface area contributed by atoms with Crippen LogP contribution in [0.1, 0.15) is 11.3 Å². The van der Waals surface area contributed by atoms with Gasteiger partial charge in [-0.15, -0.1) is 11.3 Å². The summed E-state index contributed by atoms with van der Waals surface area (Å²) in [5.41, 5.74) is 0. The van der Waals surface area contributed by atoms with E-state index in [1.165, 1.54) is 9.35 Å². The number of ether oxygens (including phenoxy) is 1. The lowest BCUT2D eigenvalue weighted by Gasteiger charge is -2.21. The molecule has 0 saturated carbocycles. The van der Waals surface area contributed by atoms with Crippen LogP contribution < -0.4 is 4.74 Å². The number of halogens is 1. The van der Waals surface area contributed by atoms with E-state index < -0.39 is 0 Å². The lowest BCUT2D eigenvalue weighted by Crippen LogP contribution is -2.36. The minimum atomic E-state index is -0.254. The fourth-order valence-corrected chi connectivity index (χ4v) is 4.13. The number of carbonyl (C=O) groups is 1. The highest BCUT2D eigenvalue weighted by Gasteiger charge is 2.21. The molecule has 2 heterocycles. The van der Waals surface area contributed by atoms with Gasteiger partial charge in [-0.05, 0) is 45.9 Å². The Balaban J connectivity index is 1.54. The van der Waals surface area contributed by atoms with Crippen LogP contribution in [0.4, 0.5) is 4.79 Å². The fraction of sp³-hybridized carbons (Fsp3) is 0.353. The van der Waals surface area contributed by atoms with E-state index in [0.717, 1.165) is 32.6 Å². The van der Waals surface area contributed by atoms with E-state index in [0.29, 0.717) is 12.3 Å². The summed E-state index contributed by atoms with van der Waals surface area (Å²) < 4.78 is 6.61. The van der Waals surface area contributed by atoms with Gasteiger partial charge in [0.05, 0.1) is 0 Å². The number of nitrogens with zero attached hydrogens (tertiary/aromatic N) is 2. The van der Waals surface area contributed by atoms with Crippen LogP contribution in [0.15, 0.2) is 46.3 Å². The molecule has 3 rings (SSSR count). The van der Waals surface area contributed by atoms with E-state index in [4.69, 9.17) is 4.74 Å². The predicted octanol–water partition coefficient (Wildman–Crippen LogP) is 4.22. The second-order valence-electron chi connectivity index (χ2n) is 5.49. The molecule has 6 heteroatoms. The average molecular weight is 395 g/mol. The molecule has 0 atom stereocenters.